The maximum Gasteiger partial charge on any atom is 0.360 e. The zero-order chi connectivity index (χ0) is 14.8. The quantitative estimate of drug-likeness (QED) is 0.920. The molecular formula is C14H16N4O3. The first-order valence-electron chi connectivity index (χ1n) is 6.79. The molecule has 0 bridgehead atoms. The van der Waals surface area contributed by atoms with Gasteiger partial charge in [0.25, 0.3) is 0 Å². The van der Waals surface area contributed by atoms with Gasteiger partial charge in [-0.05, 0) is 25.0 Å². The Morgan fingerprint density at radius 3 is 2.71 bits per heavy atom. The van der Waals surface area contributed by atoms with Gasteiger partial charge in [0.15, 0.2) is 5.82 Å². The molecule has 1 N–H and O–H groups in total. The van der Waals surface area contributed by atoms with Gasteiger partial charge in [-0.1, -0.05) is 6.07 Å². The standard InChI is InChI=1S/C14H16N4O3/c1-21-11-6-4-5-10(9-11)18-15-12(14(19)20)13(16-18)17-7-2-3-8-17/h4-6,9H,2-3,7-8H2,1H3,(H,19,20). The van der Waals surface area contributed by atoms with Crippen molar-refractivity contribution in [3.8, 4) is 11.4 Å². The van der Waals surface area contributed by atoms with Crippen LogP contribution in [0.2, 0.25) is 0 Å². The minimum absolute atomic E-state index is 0.0141. The second-order valence-electron chi connectivity index (χ2n) is 4.86. The maximum atomic E-state index is 11.4. The summed E-state index contributed by atoms with van der Waals surface area (Å²) in [5.41, 5.74) is 0.655. The lowest BCUT2D eigenvalue weighted by molar-refractivity contribution is 0.0690. The Bertz CT molecular complexity index is 662. The molecule has 1 aromatic heterocycles. The van der Waals surface area contributed by atoms with Crippen molar-refractivity contribution in [3.05, 3.63) is 30.0 Å². The van der Waals surface area contributed by atoms with Gasteiger partial charge >= 0.3 is 5.97 Å². The average molecular weight is 288 g/mol. The first kappa shape index (κ1) is 13.4. The number of carbonyl (C=O) groups is 1. The van der Waals surface area contributed by atoms with Gasteiger partial charge in [-0.25, -0.2) is 4.79 Å². The number of methoxy groups -OCH3 is 1. The van der Waals surface area contributed by atoms with Crippen LogP contribution in [0, 0.1) is 0 Å². The van der Waals surface area contributed by atoms with E-state index in [9.17, 15) is 9.90 Å². The molecule has 0 saturated carbocycles. The number of nitrogens with zero attached hydrogens (tertiary/aromatic N) is 4. The van der Waals surface area contributed by atoms with E-state index in [4.69, 9.17) is 4.74 Å². The molecule has 2 aromatic rings. The Labute approximate surface area is 121 Å². The molecule has 1 aliphatic rings. The second-order valence-corrected chi connectivity index (χ2v) is 4.86. The number of ether oxygens (including phenoxy) is 1. The van der Waals surface area contributed by atoms with E-state index in [-0.39, 0.29) is 5.69 Å². The number of carboxylic acid groups (broad SMARTS) is 1. The lowest BCUT2D eigenvalue weighted by atomic mass is 10.3. The normalized spacial score (nSPS) is 14.4. The van der Waals surface area contributed by atoms with Crippen LogP contribution in [-0.2, 0) is 0 Å². The number of carboxylic acids is 1. The van der Waals surface area contributed by atoms with Gasteiger partial charge in [0.05, 0.1) is 12.8 Å². The van der Waals surface area contributed by atoms with E-state index >= 15 is 0 Å². The zero-order valence-electron chi connectivity index (χ0n) is 11.7. The summed E-state index contributed by atoms with van der Waals surface area (Å²) in [4.78, 5) is 14.7. The predicted molar refractivity (Wildman–Crippen MR) is 76.3 cm³/mol. The highest BCUT2D eigenvalue weighted by Gasteiger charge is 2.25. The molecule has 7 heteroatoms. The van der Waals surface area contributed by atoms with Crippen LogP contribution in [0.25, 0.3) is 5.69 Å². The summed E-state index contributed by atoms with van der Waals surface area (Å²) in [6, 6.07) is 7.20. The van der Waals surface area contributed by atoms with E-state index < -0.39 is 5.97 Å². The highest BCUT2D eigenvalue weighted by molar-refractivity contribution is 5.91. The van der Waals surface area contributed by atoms with E-state index in [0.717, 1.165) is 25.9 Å². The third kappa shape index (κ3) is 2.54. The summed E-state index contributed by atoms with van der Waals surface area (Å²) in [5.74, 6) is 0.0401. The van der Waals surface area contributed by atoms with Crippen LogP contribution < -0.4 is 9.64 Å². The highest BCUT2D eigenvalue weighted by atomic mass is 16.5. The second kappa shape index (κ2) is 5.43. The van der Waals surface area contributed by atoms with Crippen LogP contribution in [-0.4, -0.2) is 46.3 Å². The molecule has 1 aliphatic heterocycles. The molecule has 3 rings (SSSR count). The van der Waals surface area contributed by atoms with Crippen molar-refractivity contribution in [1.82, 2.24) is 15.0 Å². The third-order valence-electron chi connectivity index (χ3n) is 3.49. The van der Waals surface area contributed by atoms with Crippen LogP contribution in [0.1, 0.15) is 23.3 Å². The molecule has 0 unspecified atom stereocenters. The number of anilines is 1. The van der Waals surface area contributed by atoms with Gasteiger partial charge < -0.3 is 14.7 Å². The van der Waals surface area contributed by atoms with E-state index in [2.05, 4.69) is 10.2 Å². The Morgan fingerprint density at radius 1 is 1.29 bits per heavy atom. The summed E-state index contributed by atoms with van der Waals surface area (Å²) < 4.78 is 5.16. The summed E-state index contributed by atoms with van der Waals surface area (Å²) in [6.07, 6.45) is 2.09. The Morgan fingerprint density at radius 2 is 2.05 bits per heavy atom. The number of aromatic nitrogens is 3. The van der Waals surface area contributed by atoms with Crippen molar-refractivity contribution in [1.29, 1.82) is 0 Å². The van der Waals surface area contributed by atoms with Crippen LogP contribution in [0.3, 0.4) is 0 Å². The van der Waals surface area contributed by atoms with Crippen molar-refractivity contribution < 1.29 is 14.6 Å². The van der Waals surface area contributed by atoms with Crippen LogP contribution in [0.5, 0.6) is 5.75 Å². The van der Waals surface area contributed by atoms with Gasteiger partial charge in [-0.2, -0.15) is 0 Å². The monoisotopic (exact) mass is 288 g/mol. The zero-order valence-corrected chi connectivity index (χ0v) is 11.7. The summed E-state index contributed by atoms with van der Waals surface area (Å²) in [7, 11) is 1.58. The molecule has 0 spiro atoms. The Hall–Kier alpha value is -2.57. The molecule has 0 radical (unpaired) electrons. The fraction of sp³-hybridized carbons (Fsp3) is 0.357. The van der Waals surface area contributed by atoms with Gasteiger partial charge in [-0.15, -0.1) is 15.0 Å². The van der Waals surface area contributed by atoms with Crippen molar-refractivity contribution in [2.75, 3.05) is 25.1 Å². The minimum Gasteiger partial charge on any atom is -0.497 e. The van der Waals surface area contributed by atoms with Gasteiger partial charge in [0, 0.05) is 19.2 Å². The molecule has 0 amide bonds. The number of aromatic carboxylic acids is 1. The summed E-state index contributed by atoms with van der Waals surface area (Å²) >= 11 is 0. The summed E-state index contributed by atoms with van der Waals surface area (Å²) in [5, 5.41) is 17.8. The van der Waals surface area contributed by atoms with E-state index in [1.807, 2.05) is 23.1 Å². The van der Waals surface area contributed by atoms with E-state index in [1.165, 1.54) is 4.80 Å². The molecule has 7 nitrogen and oxygen atoms in total. The molecule has 1 fully saturated rings. The smallest absolute Gasteiger partial charge is 0.360 e. The van der Waals surface area contributed by atoms with Crippen LogP contribution in [0.4, 0.5) is 5.82 Å². The summed E-state index contributed by atoms with van der Waals surface area (Å²) in [6.45, 7) is 1.63. The van der Waals surface area contributed by atoms with Gasteiger partial charge in [0.1, 0.15) is 5.75 Å². The predicted octanol–water partition coefficient (Wildman–Crippen LogP) is 1.57. The molecule has 2 heterocycles. The van der Waals surface area contributed by atoms with E-state index in [0.29, 0.717) is 17.3 Å². The Kier molecular flexibility index (Phi) is 3.47. The van der Waals surface area contributed by atoms with Crippen LogP contribution in [0.15, 0.2) is 24.3 Å². The minimum atomic E-state index is -1.06. The van der Waals surface area contributed by atoms with Crippen molar-refractivity contribution in [3.63, 3.8) is 0 Å². The third-order valence-corrected chi connectivity index (χ3v) is 3.49. The topological polar surface area (TPSA) is 80.5 Å². The lowest BCUT2D eigenvalue weighted by Gasteiger charge is -2.13. The van der Waals surface area contributed by atoms with Gasteiger partial charge in [0.2, 0.25) is 5.69 Å². The lowest BCUT2D eigenvalue weighted by Crippen LogP contribution is -2.20. The largest absolute Gasteiger partial charge is 0.497 e. The first-order valence-corrected chi connectivity index (χ1v) is 6.79. The number of hydrogen-bond acceptors (Lipinski definition) is 5. The van der Waals surface area contributed by atoms with Crippen molar-refractivity contribution >= 4 is 11.8 Å². The van der Waals surface area contributed by atoms with Gasteiger partial charge in [-0.3, -0.25) is 0 Å². The molecule has 21 heavy (non-hydrogen) atoms. The molecule has 1 saturated heterocycles. The molecule has 110 valence electrons. The molecular weight excluding hydrogens is 272 g/mol. The molecule has 0 atom stereocenters. The number of benzene rings is 1. The number of hydrogen-bond donors (Lipinski definition) is 1. The fourth-order valence-corrected chi connectivity index (χ4v) is 2.43. The first-order chi connectivity index (χ1) is 10.2. The SMILES string of the molecule is COc1cccc(-n2nc(C(=O)O)c(N3CCCC3)n2)c1. The molecule has 1 aromatic carbocycles. The van der Waals surface area contributed by atoms with Crippen molar-refractivity contribution in [2.24, 2.45) is 0 Å². The van der Waals surface area contributed by atoms with E-state index in [1.54, 1.807) is 13.2 Å². The van der Waals surface area contributed by atoms with Crippen LogP contribution >= 0.6 is 0 Å². The molecule has 0 aliphatic carbocycles. The maximum absolute atomic E-state index is 11.4. The van der Waals surface area contributed by atoms with Crippen molar-refractivity contribution in [2.45, 2.75) is 12.8 Å². The average Bonchev–Trinajstić information content (AvgIpc) is 3.16. The fourth-order valence-electron chi connectivity index (χ4n) is 2.43. The highest BCUT2D eigenvalue weighted by Crippen LogP contribution is 2.23. The Balaban J connectivity index is 2.02. The number of rotatable bonds is 4.